The molecule has 0 saturated carbocycles. The molecule has 0 spiro atoms. The van der Waals surface area contributed by atoms with E-state index < -0.39 is 0 Å². The van der Waals surface area contributed by atoms with Crippen LogP contribution in [0.2, 0.25) is 0 Å². The molecule has 0 radical (unpaired) electrons. The Morgan fingerprint density at radius 2 is 1.68 bits per heavy atom. The van der Waals surface area contributed by atoms with Crippen molar-refractivity contribution in [2.75, 3.05) is 11.9 Å². The Hall–Kier alpha value is -3.08. The predicted octanol–water partition coefficient (Wildman–Crippen LogP) is 5.94. The first-order chi connectivity index (χ1) is 14.8. The Bertz CT molecular complexity index is 993. The van der Waals surface area contributed by atoms with E-state index in [1.165, 1.54) is 0 Å². The highest BCUT2D eigenvalue weighted by molar-refractivity contribution is 5.94. The van der Waals surface area contributed by atoms with Crippen molar-refractivity contribution in [3.8, 4) is 11.3 Å². The van der Waals surface area contributed by atoms with Crippen LogP contribution in [0.4, 0.5) is 5.88 Å². The minimum absolute atomic E-state index is 0.0210. The number of aryl methyl sites for hydroxylation is 1. The molecule has 0 unspecified atom stereocenters. The number of carbonyl (C=O) groups is 1. The second-order valence-electron chi connectivity index (χ2n) is 8.44. The van der Waals surface area contributed by atoms with Gasteiger partial charge in [-0.05, 0) is 46.2 Å². The maximum atomic E-state index is 13.5. The molecule has 2 aromatic carbocycles. The Labute approximate surface area is 185 Å². The smallest absolute Gasteiger partial charge is 0.254 e. The molecule has 164 valence electrons. The van der Waals surface area contributed by atoms with E-state index in [1.807, 2.05) is 73.5 Å². The van der Waals surface area contributed by atoms with Crippen LogP contribution in [0, 0.1) is 6.92 Å². The number of anilines is 1. The van der Waals surface area contributed by atoms with Crippen molar-refractivity contribution >= 4 is 11.8 Å². The normalized spacial score (nSPS) is 12.1. The molecule has 1 aromatic heterocycles. The van der Waals surface area contributed by atoms with Crippen LogP contribution < -0.4 is 4.90 Å². The molecule has 5 heteroatoms. The van der Waals surface area contributed by atoms with E-state index in [-0.39, 0.29) is 18.0 Å². The maximum absolute atomic E-state index is 13.5. The van der Waals surface area contributed by atoms with Crippen LogP contribution in [-0.2, 0) is 6.54 Å². The lowest BCUT2D eigenvalue weighted by Crippen LogP contribution is -2.38. The number of carbonyl (C=O) groups excluding carboxylic acids is 1. The summed E-state index contributed by atoms with van der Waals surface area (Å²) in [4.78, 5) is 17.5. The lowest BCUT2D eigenvalue weighted by molar-refractivity contribution is 0.0672. The van der Waals surface area contributed by atoms with Gasteiger partial charge in [0.1, 0.15) is 5.69 Å². The molecule has 0 N–H and O–H groups in total. The first-order valence-electron chi connectivity index (χ1n) is 11.0. The van der Waals surface area contributed by atoms with Crippen LogP contribution in [0.15, 0.2) is 59.1 Å². The molecule has 1 amide bonds. The highest BCUT2D eigenvalue weighted by atomic mass is 16.5. The van der Waals surface area contributed by atoms with E-state index in [4.69, 9.17) is 4.52 Å². The second kappa shape index (κ2) is 9.82. The van der Waals surface area contributed by atoms with Crippen molar-refractivity contribution in [2.24, 2.45) is 0 Å². The third-order valence-electron chi connectivity index (χ3n) is 5.92. The zero-order valence-electron chi connectivity index (χ0n) is 19.4. The van der Waals surface area contributed by atoms with Gasteiger partial charge in [0.15, 0.2) is 0 Å². The third kappa shape index (κ3) is 4.98. The first kappa shape index (κ1) is 22.6. The fourth-order valence-electron chi connectivity index (χ4n) is 3.46. The predicted molar refractivity (Wildman–Crippen MR) is 126 cm³/mol. The molecule has 0 aliphatic heterocycles. The average Bonchev–Trinajstić information content (AvgIpc) is 3.20. The summed E-state index contributed by atoms with van der Waals surface area (Å²) in [6, 6.07) is 18.1. The number of benzene rings is 2. The van der Waals surface area contributed by atoms with E-state index in [1.54, 1.807) is 0 Å². The van der Waals surface area contributed by atoms with Crippen LogP contribution in [0.1, 0.15) is 55.6 Å². The first-order valence-corrected chi connectivity index (χ1v) is 11.0. The SMILES string of the molecule is CC[C@H](C)N(Cc1c(-c2ccccc2)noc1N(C)C(C)C)C(=O)c1ccc(C)cc1. The van der Waals surface area contributed by atoms with E-state index in [2.05, 4.69) is 37.8 Å². The molecule has 1 heterocycles. The number of amides is 1. The summed E-state index contributed by atoms with van der Waals surface area (Å²) in [5.41, 5.74) is 4.54. The number of nitrogens with zero attached hydrogens (tertiary/aromatic N) is 3. The van der Waals surface area contributed by atoms with Crippen LogP contribution >= 0.6 is 0 Å². The molecule has 1 atom stereocenters. The third-order valence-corrected chi connectivity index (χ3v) is 5.92. The molecule has 0 aliphatic carbocycles. The molecular formula is C26H33N3O2. The monoisotopic (exact) mass is 419 g/mol. The number of aromatic nitrogens is 1. The van der Waals surface area contributed by atoms with Crippen LogP contribution in [0.5, 0.6) is 0 Å². The standard InChI is InChI=1S/C26H33N3O2/c1-7-20(5)29(25(30)22-15-13-19(4)14-16-22)17-23-24(21-11-9-8-10-12-21)27-31-26(23)28(6)18(2)3/h8-16,18,20H,7,17H2,1-6H3/t20-/m0/s1. The van der Waals surface area contributed by atoms with Crippen molar-refractivity contribution in [1.82, 2.24) is 10.1 Å². The van der Waals surface area contributed by atoms with E-state index in [9.17, 15) is 4.79 Å². The van der Waals surface area contributed by atoms with Gasteiger partial charge < -0.3 is 14.3 Å². The summed E-state index contributed by atoms with van der Waals surface area (Å²) < 4.78 is 5.83. The van der Waals surface area contributed by atoms with Gasteiger partial charge in [-0.3, -0.25) is 4.79 Å². The quantitative estimate of drug-likeness (QED) is 0.454. The molecule has 31 heavy (non-hydrogen) atoms. The second-order valence-corrected chi connectivity index (χ2v) is 8.44. The Morgan fingerprint density at radius 3 is 2.26 bits per heavy atom. The summed E-state index contributed by atoms with van der Waals surface area (Å²) in [6.07, 6.45) is 0.860. The van der Waals surface area contributed by atoms with E-state index in [0.717, 1.165) is 28.8 Å². The highest BCUT2D eigenvalue weighted by Crippen LogP contribution is 2.33. The Balaban J connectivity index is 2.06. The zero-order chi connectivity index (χ0) is 22.5. The van der Waals surface area contributed by atoms with Gasteiger partial charge in [0.05, 0.1) is 12.1 Å². The summed E-state index contributed by atoms with van der Waals surface area (Å²) in [5.74, 6) is 0.728. The number of rotatable bonds is 8. The van der Waals surface area contributed by atoms with Gasteiger partial charge >= 0.3 is 0 Å². The lowest BCUT2D eigenvalue weighted by atomic mass is 10.0. The number of hydrogen-bond acceptors (Lipinski definition) is 4. The topological polar surface area (TPSA) is 49.6 Å². The van der Waals surface area contributed by atoms with Crippen molar-refractivity contribution < 1.29 is 9.32 Å². The lowest BCUT2D eigenvalue weighted by Gasteiger charge is -2.30. The van der Waals surface area contributed by atoms with Gasteiger partial charge in [-0.2, -0.15) is 0 Å². The van der Waals surface area contributed by atoms with Crippen LogP contribution in [0.3, 0.4) is 0 Å². The summed E-state index contributed by atoms with van der Waals surface area (Å²) in [5, 5.41) is 4.42. The molecule has 3 rings (SSSR count). The van der Waals surface area contributed by atoms with Crippen molar-refractivity contribution in [2.45, 2.75) is 59.7 Å². The van der Waals surface area contributed by atoms with Gasteiger partial charge in [0.25, 0.3) is 5.91 Å². The molecular weight excluding hydrogens is 386 g/mol. The van der Waals surface area contributed by atoms with E-state index in [0.29, 0.717) is 18.0 Å². The van der Waals surface area contributed by atoms with Gasteiger partial charge in [0, 0.05) is 30.3 Å². The van der Waals surface area contributed by atoms with Gasteiger partial charge in [-0.25, -0.2) is 0 Å². The fourth-order valence-corrected chi connectivity index (χ4v) is 3.46. The highest BCUT2D eigenvalue weighted by Gasteiger charge is 2.28. The van der Waals surface area contributed by atoms with E-state index >= 15 is 0 Å². The van der Waals surface area contributed by atoms with Crippen molar-refractivity contribution in [1.29, 1.82) is 0 Å². The van der Waals surface area contributed by atoms with Gasteiger partial charge in [0.2, 0.25) is 5.88 Å². The fraction of sp³-hybridized carbons (Fsp3) is 0.385. The van der Waals surface area contributed by atoms with Crippen LogP contribution in [-0.4, -0.2) is 35.1 Å². The van der Waals surface area contributed by atoms with Gasteiger partial charge in [-0.15, -0.1) is 0 Å². The summed E-state index contributed by atoms with van der Waals surface area (Å²) in [6.45, 7) is 10.9. The Morgan fingerprint density at radius 1 is 1.03 bits per heavy atom. The summed E-state index contributed by atoms with van der Waals surface area (Å²) >= 11 is 0. The van der Waals surface area contributed by atoms with Crippen molar-refractivity contribution in [3.63, 3.8) is 0 Å². The number of hydrogen-bond donors (Lipinski definition) is 0. The minimum atomic E-state index is 0.0210. The molecule has 0 fully saturated rings. The molecule has 0 bridgehead atoms. The van der Waals surface area contributed by atoms with Crippen LogP contribution in [0.25, 0.3) is 11.3 Å². The molecule has 3 aromatic rings. The maximum Gasteiger partial charge on any atom is 0.254 e. The van der Waals surface area contributed by atoms with Gasteiger partial charge in [-0.1, -0.05) is 60.1 Å². The average molecular weight is 420 g/mol. The largest absolute Gasteiger partial charge is 0.341 e. The van der Waals surface area contributed by atoms with Crippen molar-refractivity contribution in [3.05, 3.63) is 71.3 Å². The molecule has 0 aliphatic rings. The molecule has 0 saturated heterocycles. The summed E-state index contributed by atoms with van der Waals surface area (Å²) in [7, 11) is 2.00. The zero-order valence-corrected chi connectivity index (χ0v) is 19.4. The minimum Gasteiger partial charge on any atom is -0.341 e. The molecule has 5 nitrogen and oxygen atoms in total. The Kier molecular flexibility index (Phi) is 7.16.